The quantitative estimate of drug-likeness (QED) is 0.602. The Morgan fingerprint density at radius 2 is 1.82 bits per heavy atom. The summed E-state index contributed by atoms with van der Waals surface area (Å²) in [6, 6.07) is 4.14. The van der Waals surface area contributed by atoms with E-state index < -0.39 is 22.1 Å². The number of amides is 1. The zero-order chi connectivity index (χ0) is 21.2. The van der Waals surface area contributed by atoms with Crippen molar-refractivity contribution in [2.45, 2.75) is 44.0 Å². The second-order valence-corrected chi connectivity index (χ2v) is 9.96. The molecule has 0 aliphatic carbocycles. The number of nitrogens with zero attached hydrogens (tertiary/aromatic N) is 2. The minimum absolute atomic E-state index is 0.0481. The predicted molar refractivity (Wildman–Crippen MR) is 106 cm³/mol. The normalized spacial score (nSPS) is 21.5. The summed E-state index contributed by atoms with van der Waals surface area (Å²) >= 11 is 3.19. The molecule has 156 valence electrons. The molecule has 1 aromatic carbocycles. The molecule has 1 aliphatic rings. The first-order valence-corrected chi connectivity index (χ1v) is 11.0. The van der Waals surface area contributed by atoms with Crippen LogP contribution in [0.2, 0.25) is 0 Å². The standard InChI is InChI=1S/C18H25BrN2O6S/c1-11-9-21(10-12(2)26-11)17(22)13(3)27-18(23)14-6-7-15(19)16(8-14)28(24,25)20(4)5/h6-8,11-13H,9-10H2,1-5H3. The molecule has 28 heavy (non-hydrogen) atoms. The lowest BCUT2D eigenvalue weighted by Crippen LogP contribution is -2.51. The Bertz CT molecular complexity index is 848. The third-order valence-corrected chi connectivity index (χ3v) is 7.10. The van der Waals surface area contributed by atoms with Crippen molar-refractivity contribution in [2.75, 3.05) is 27.2 Å². The number of carbonyl (C=O) groups is 2. The lowest BCUT2D eigenvalue weighted by molar-refractivity contribution is -0.151. The molecule has 1 saturated heterocycles. The van der Waals surface area contributed by atoms with Crippen molar-refractivity contribution in [3.63, 3.8) is 0 Å². The summed E-state index contributed by atoms with van der Waals surface area (Å²) < 4.78 is 37.1. The molecule has 1 amide bonds. The van der Waals surface area contributed by atoms with Gasteiger partial charge in [-0.3, -0.25) is 4.79 Å². The number of carbonyl (C=O) groups excluding carboxylic acids is 2. The highest BCUT2D eigenvalue weighted by Crippen LogP contribution is 2.26. The van der Waals surface area contributed by atoms with Crippen LogP contribution >= 0.6 is 15.9 Å². The van der Waals surface area contributed by atoms with Crippen LogP contribution in [-0.4, -0.2) is 75.0 Å². The van der Waals surface area contributed by atoms with E-state index in [9.17, 15) is 18.0 Å². The maximum atomic E-state index is 12.6. The van der Waals surface area contributed by atoms with Gasteiger partial charge < -0.3 is 14.4 Å². The Morgan fingerprint density at radius 1 is 1.25 bits per heavy atom. The highest BCUT2D eigenvalue weighted by molar-refractivity contribution is 9.10. The highest BCUT2D eigenvalue weighted by Gasteiger charge is 2.31. The summed E-state index contributed by atoms with van der Waals surface area (Å²) in [6.45, 7) is 6.10. The fourth-order valence-electron chi connectivity index (χ4n) is 2.92. The van der Waals surface area contributed by atoms with Gasteiger partial charge in [0.15, 0.2) is 6.10 Å². The van der Waals surface area contributed by atoms with E-state index in [-0.39, 0.29) is 28.6 Å². The van der Waals surface area contributed by atoms with Gasteiger partial charge in [0, 0.05) is 31.7 Å². The third kappa shape index (κ3) is 5.11. The van der Waals surface area contributed by atoms with Gasteiger partial charge in [0.05, 0.1) is 22.7 Å². The lowest BCUT2D eigenvalue weighted by Gasteiger charge is -2.36. The van der Waals surface area contributed by atoms with Crippen molar-refractivity contribution >= 4 is 37.8 Å². The van der Waals surface area contributed by atoms with Gasteiger partial charge in [-0.25, -0.2) is 17.5 Å². The molecular formula is C18H25BrN2O6S. The molecule has 0 bridgehead atoms. The number of morpholine rings is 1. The van der Waals surface area contributed by atoms with Gasteiger partial charge in [0.1, 0.15) is 0 Å². The molecule has 0 spiro atoms. The highest BCUT2D eigenvalue weighted by atomic mass is 79.9. The van der Waals surface area contributed by atoms with Crippen LogP contribution in [0.25, 0.3) is 0 Å². The zero-order valence-corrected chi connectivity index (χ0v) is 18.9. The summed E-state index contributed by atoms with van der Waals surface area (Å²) in [7, 11) is -0.947. The minimum Gasteiger partial charge on any atom is -0.449 e. The van der Waals surface area contributed by atoms with Gasteiger partial charge in [-0.1, -0.05) is 0 Å². The number of halogens is 1. The van der Waals surface area contributed by atoms with E-state index in [0.717, 1.165) is 4.31 Å². The second-order valence-electron chi connectivity index (χ2n) is 6.98. The van der Waals surface area contributed by atoms with Gasteiger partial charge in [0.25, 0.3) is 5.91 Å². The number of hydrogen-bond acceptors (Lipinski definition) is 6. The van der Waals surface area contributed by atoms with Crippen molar-refractivity contribution in [3.8, 4) is 0 Å². The van der Waals surface area contributed by atoms with Crippen LogP contribution < -0.4 is 0 Å². The Balaban J connectivity index is 2.15. The minimum atomic E-state index is -3.75. The number of esters is 1. The molecule has 3 atom stereocenters. The first-order valence-electron chi connectivity index (χ1n) is 8.80. The van der Waals surface area contributed by atoms with E-state index in [2.05, 4.69) is 15.9 Å². The van der Waals surface area contributed by atoms with E-state index >= 15 is 0 Å². The Morgan fingerprint density at radius 3 is 2.36 bits per heavy atom. The average molecular weight is 477 g/mol. The van der Waals surface area contributed by atoms with Crippen LogP contribution in [0.3, 0.4) is 0 Å². The monoisotopic (exact) mass is 476 g/mol. The summed E-state index contributed by atoms with van der Waals surface area (Å²) in [5, 5.41) is 0. The van der Waals surface area contributed by atoms with E-state index in [1.165, 1.54) is 39.2 Å². The summed E-state index contributed by atoms with van der Waals surface area (Å²) in [6.07, 6.45) is -1.19. The Hall–Kier alpha value is -1.49. The number of benzene rings is 1. The van der Waals surface area contributed by atoms with Crippen molar-refractivity contribution in [2.24, 2.45) is 0 Å². The first-order chi connectivity index (χ1) is 12.9. The van der Waals surface area contributed by atoms with Crippen molar-refractivity contribution in [1.29, 1.82) is 0 Å². The average Bonchev–Trinajstić information content (AvgIpc) is 2.60. The summed E-state index contributed by atoms with van der Waals surface area (Å²) in [5.74, 6) is -1.08. The van der Waals surface area contributed by atoms with Gasteiger partial charge in [-0.15, -0.1) is 0 Å². The van der Waals surface area contributed by atoms with E-state index in [4.69, 9.17) is 9.47 Å². The van der Waals surface area contributed by atoms with E-state index in [1.807, 2.05) is 13.8 Å². The van der Waals surface area contributed by atoms with Crippen LogP contribution in [0, 0.1) is 0 Å². The molecular weight excluding hydrogens is 452 g/mol. The largest absolute Gasteiger partial charge is 0.449 e. The van der Waals surface area contributed by atoms with Crippen LogP contribution in [0.15, 0.2) is 27.6 Å². The molecule has 1 aliphatic heterocycles. The molecule has 1 aromatic rings. The molecule has 0 N–H and O–H groups in total. The van der Waals surface area contributed by atoms with E-state index in [1.54, 1.807) is 4.90 Å². The number of sulfonamides is 1. The number of rotatable bonds is 5. The summed E-state index contributed by atoms with van der Waals surface area (Å²) in [5.41, 5.74) is 0.0481. The van der Waals surface area contributed by atoms with Crippen LogP contribution in [-0.2, 0) is 24.3 Å². The van der Waals surface area contributed by atoms with Crippen molar-refractivity contribution in [3.05, 3.63) is 28.2 Å². The topological polar surface area (TPSA) is 93.2 Å². The van der Waals surface area contributed by atoms with Crippen LogP contribution in [0.5, 0.6) is 0 Å². The predicted octanol–water partition coefficient (Wildman–Crippen LogP) is 1.88. The van der Waals surface area contributed by atoms with Crippen molar-refractivity contribution < 1.29 is 27.5 Å². The van der Waals surface area contributed by atoms with Crippen LogP contribution in [0.1, 0.15) is 31.1 Å². The lowest BCUT2D eigenvalue weighted by atomic mass is 10.2. The van der Waals surface area contributed by atoms with Gasteiger partial charge in [-0.05, 0) is 54.9 Å². The SMILES string of the molecule is CC1CN(C(=O)C(C)OC(=O)c2ccc(Br)c(S(=O)(=O)N(C)C)c2)CC(C)O1. The fourth-order valence-corrected chi connectivity index (χ4v) is 4.76. The molecule has 1 fully saturated rings. The smallest absolute Gasteiger partial charge is 0.338 e. The maximum Gasteiger partial charge on any atom is 0.338 e. The van der Waals surface area contributed by atoms with E-state index in [0.29, 0.717) is 17.6 Å². The second kappa shape index (κ2) is 8.89. The fraction of sp³-hybridized carbons (Fsp3) is 0.556. The van der Waals surface area contributed by atoms with Gasteiger partial charge >= 0.3 is 5.97 Å². The molecule has 10 heteroatoms. The molecule has 0 aromatic heterocycles. The molecule has 1 heterocycles. The molecule has 8 nitrogen and oxygen atoms in total. The first kappa shape index (κ1) is 22.8. The summed E-state index contributed by atoms with van der Waals surface area (Å²) in [4.78, 5) is 26.7. The zero-order valence-electron chi connectivity index (χ0n) is 16.5. The number of hydrogen-bond donors (Lipinski definition) is 0. The third-order valence-electron chi connectivity index (χ3n) is 4.29. The van der Waals surface area contributed by atoms with Gasteiger partial charge in [-0.2, -0.15) is 0 Å². The number of ether oxygens (including phenoxy) is 2. The Labute approximate surface area is 174 Å². The van der Waals surface area contributed by atoms with Crippen molar-refractivity contribution in [1.82, 2.24) is 9.21 Å². The maximum absolute atomic E-state index is 12.6. The molecule has 0 saturated carbocycles. The molecule has 3 unspecified atom stereocenters. The molecule has 0 radical (unpaired) electrons. The van der Waals surface area contributed by atoms with Gasteiger partial charge in [0.2, 0.25) is 10.0 Å². The Kier molecular flexibility index (Phi) is 7.24. The van der Waals surface area contributed by atoms with Crippen LogP contribution in [0.4, 0.5) is 0 Å². The molecule has 2 rings (SSSR count).